The second kappa shape index (κ2) is 10.3. The van der Waals surface area contributed by atoms with Crippen LogP contribution in [0.4, 0.5) is 18.0 Å². The second-order valence-electron chi connectivity index (χ2n) is 7.40. The Morgan fingerprint density at radius 3 is 2.43 bits per heavy atom. The highest BCUT2D eigenvalue weighted by Gasteiger charge is 2.30. The predicted molar refractivity (Wildman–Crippen MR) is 99.4 cm³/mol. The van der Waals surface area contributed by atoms with Crippen LogP contribution in [0, 0.1) is 0 Å². The molecule has 0 aliphatic rings. The average Bonchev–Trinajstić information content (AvgIpc) is 2.57. The van der Waals surface area contributed by atoms with E-state index in [0.29, 0.717) is 31.4 Å². The number of alkyl halides is 3. The molecule has 1 rings (SSSR count). The molecule has 0 heterocycles. The van der Waals surface area contributed by atoms with Crippen LogP contribution in [-0.2, 0) is 22.3 Å². The third-order valence-corrected chi connectivity index (χ3v) is 3.68. The fraction of sp³-hybridized carbons (Fsp3) is 0.579. The van der Waals surface area contributed by atoms with Crippen LogP contribution in [-0.4, -0.2) is 30.2 Å². The van der Waals surface area contributed by atoms with Gasteiger partial charge in [0.25, 0.3) is 0 Å². The number of nitrogens with two attached hydrogens (primary N) is 1. The van der Waals surface area contributed by atoms with Crippen molar-refractivity contribution in [2.24, 2.45) is 5.73 Å². The highest BCUT2D eigenvalue weighted by molar-refractivity contribution is 5.85. The summed E-state index contributed by atoms with van der Waals surface area (Å²) in [6.07, 6.45) is -3.57. The number of halogens is 3. The summed E-state index contributed by atoms with van der Waals surface area (Å²) in [4.78, 5) is 24.4. The largest absolute Gasteiger partial charge is 0.444 e. The molecule has 9 heteroatoms. The van der Waals surface area contributed by atoms with E-state index < -0.39 is 35.4 Å². The zero-order chi connectivity index (χ0) is 21.4. The Bertz CT molecular complexity index is 658. The molecule has 0 aliphatic carbocycles. The summed E-state index contributed by atoms with van der Waals surface area (Å²) in [6.45, 7) is 5.45. The van der Waals surface area contributed by atoms with Crippen molar-refractivity contribution in [3.05, 3.63) is 35.4 Å². The van der Waals surface area contributed by atoms with E-state index in [0.717, 1.165) is 12.1 Å². The third-order valence-electron chi connectivity index (χ3n) is 3.68. The Morgan fingerprint density at radius 2 is 1.86 bits per heavy atom. The van der Waals surface area contributed by atoms with Crippen LogP contribution in [0.3, 0.4) is 0 Å². The van der Waals surface area contributed by atoms with Gasteiger partial charge in [-0.2, -0.15) is 13.2 Å². The van der Waals surface area contributed by atoms with Crippen molar-refractivity contribution in [1.82, 2.24) is 10.6 Å². The molecule has 0 saturated heterocycles. The molecule has 1 unspecified atom stereocenters. The Kier molecular flexibility index (Phi) is 8.74. The molecule has 2 amide bonds. The number of nitrogens with one attached hydrogen (secondary N) is 2. The van der Waals surface area contributed by atoms with Gasteiger partial charge in [-0.25, -0.2) is 4.79 Å². The molecule has 4 N–H and O–H groups in total. The summed E-state index contributed by atoms with van der Waals surface area (Å²) in [7, 11) is 0. The Labute approximate surface area is 163 Å². The van der Waals surface area contributed by atoms with Crippen molar-refractivity contribution in [3.8, 4) is 0 Å². The molecule has 28 heavy (non-hydrogen) atoms. The molecule has 1 atom stereocenters. The summed E-state index contributed by atoms with van der Waals surface area (Å²) in [6, 6.07) is 3.84. The van der Waals surface area contributed by atoms with Crippen LogP contribution in [0.5, 0.6) is 0 Å². The number of carbonyl (C=O) groups excluding carboxylic acids is 2. The Morgan fingerprint density at radius 1 is 1.18 bits per heavy atom. The summed E-state index contributed by atoms with van der Waals surface area (Å²) in [5, 5.41) is 5.08. The van der Waals surface area contributed by atoms with Gasteiger partial charge >= 0.3 is 12.3 Å². The first-order valence-corrected chi connectivity index (χ1v) is 9.06. The van der Waals surface area contributed by atoms with Crippen LogP contribution in [0.1, 0.15) is 51.2 Å². The number of unbranched alkanes of at least 4 members (excludes halogenated alkanes) is 1. The molecule has 0 bridgehead atoms. The van der Waals surface area contributed by atoms with Gasteiger partial charge in [-0.3, -0.25) is 4.79 Å². The average molecular weight is 403 g/mol. The monoisotopic (exact) mass is 403 g/mol. The van der Waals surface area contributed by atoms with Crippen LogP contribution >= 0.6 is 0 Å². The van der Waals surface area contributed by atoms with Gasteiger partial charge in [0.05, 0.1) is 5.56 Å². The van der Waals surface area contributed by atoms with E-state index in [1.807, 2.05) is 0 Å². The number of amides is 2. The number of alkyl carbamates (subject to hydrolysis) is 1. The first-order chi connectivity index (χ1) is 12.9. The fourth-order valence-corrected chi connectivity index (χ4v) is 2.38. The predicted octanol–water partition coefficient (Wildman–Crippen LogP) is 3.34. The summed E-state index contributed by atoms with van der Waals surface area (Å²) in [5.74, 6) is -0.500. The SMILES string of the molecule is CC(C)(C)OC(=O)NC(CCCCN)C(=O)NCc1cccc(C(F)(F)F)c1. The lowest BCUT2D eigenvalue weighted by atomic mass is 10.1. The van der Waals surface area contributed by atoms with E-state index in [2.05, 4.69) is 10.6 Å². The van der Waals surface area contributed by atoms with E-state index in [-0.39, 0.29) is 6.54 Å². The van der Waals surface area contributed by atoms with Gasteiger partial charge in [0.2, 0.25) is 5.91 Å². The molecule has 1 aromatic rings. The van der Waals surface area contributed by atoms with Gasteiger partial charge in [-0.05, 0) is 64.3 Å². The minimum Gasteiger partial charge on any atom is -0.444 e. The van der Waals surface area contributed by atoms with E-state index >= 15 is 0 Å². The highest BCUT2D eigenvalue weighted by atomic mass is 19.4. The number of hydrogen-bond acceptors (Lipinski definition) is 4. The molecule has 0 saturated carbocycles. The van der Waals surface area contributed by atoms with Gasteiger partial charge in [-0.1, -0.05) is 12.1 Å². The number of benzene rings is 1. The van der Waals surface area contributed by atoms with Crippen LogP contribution in [0.2, 0.25) is 0 Å². The topological polar surface area (TPSA) is 93.4 Å². The zero-order valence-corrected chi connectivity index (χ0v) is 16.4. The maximum absolute atomic E-state index is 12.8. The molecule has 0 fully saturated rings. The number of carbonyl (C=O) groups is 2. The van der Waals surface area contributed by atoms with Crippen molar-refractivity contribution in [3.63, 3.8) is 0 Å². The third kappa shape index (κ3) is 9.07. The standard InChI is InChI=1S/C19H28F3N3O3/c1-18(2,3)28-17(27)25-15(9-4-5-10-23)16(26)24-12-13-7-6-8-14(11-13)19(20,21)22/h6-8,11,15H,4-5,9-10,12,23H2,1-3H3,(H,24,26)(H,25,27). The van der Waals surface area contributed by atoms with Gasteiger partial charge in [0.15, 0.2) is 0 Å². The van der Waals surface area contributed by atoms with E-state index in [4.69, 9.17) is 10.5 Å². The van der Waals surface area contributed by atoms with Crippen molar-refractivity contribution < 1.29 is 27.5 Å². The molecule has 0 aliphatic heterocycles. The fourth-order valence-electron chi connectivity index (χ4n) is 2.38. The Hall–Kier alpha value is -2.29. The summed E-state index contributed by atoms with van der Waals surface area (Å²) < 4.78 is 43.5. The van der Waals surface area contributed by atoms with E-state index in [1.165, 1.54) is 12.1 Å². The summed E-state index contributed by atoms with van der Waals surface area (Å²) in [5.41, 5.74) is 4.25. The second-order valence-corrected chi connectivity index (χ2v) is 7.40. The first kappa shape index (κ1) is 23.7. The lowest BCUT2D eigenvalue weighted by Crippen LogP contribution is -2.48. The van der Waals surface area contributed by atoms with Gasteiger partial charge in [0.1, 0.15) is 11.6 Å². The van der Waals surface area contributed by atoms with Gasteiger partial charge in [-0.15, -0.1) is 0 Å². The summed E-state index contributed by atoms with van der Waals surface area (Å²) >= 11 is 0. The van der Waals surface area contributed by atoms with Crippen molar-refractivity contribution in [1.29, 1.82) is 0 Å². The zero-order valence-electron chi connectivity index (χ0n) is 16.4. The lowest BCUT2D eigenvalue weighted by Gasteiger charge is -2.23. The molecular weight excluding hydrogens is 375 g/mol. The van der Waals surface area contributed by atoms with Gasteiger partial charge < -0.3 is 21.1 Å². The van der Waals surface area contributed by atoms with Crippen LogP contribution in [0.15, 0.2) is 24.3 Å². The van der Waals surface area contributed by atoms with E-state index in [1.54, 1.807) is 20.8 Å². The Balaban J connectivity index is 2.73. The van der Waals surface area contributed by atoms with Crippen LogP contribution in [0.25, 0.3) is 0 Å². The minimum atomic E-state index is -4.46. The quantitative estimate of drug-likeness (QED) is 0.581. The maximum atomic E-state index is 12.8. The molecule has 0 spiro atoms. The number of hydrogen-bond donors (Lipinski definition) is 3. The normalized spacial score (nSPS) is 13.0. The highest BCUT2D eigenvalue weighted by Crippen LogP contribution is 2.29. The molecule has 1 aromatic carbocycles. The molecule has 6 nitrogen and oxygen atoms in total. The van der Waals surface area contributed by atoms with Crippen molar-refractivity contribution in [2.45, 2.75) is 64.4 Å². The van der Waals surface area contributed by atoms with Crippen molar-refractivity contribution >= 4 is 12.0 Å². The molecular formula is C19H28F3N3O3. The molecule has 0 aromatic heterocycles. The van der Waals surface area contributed by atoms with Gasteiger partial charge in [0, 0.05) is 6.54 Å². The molecule has 0 radical (unpaired) electrons. The van der Waals surface area contributed by atoms with Crippen LogP contribution < -0.4 is 16.4 Å². The molecule has 158 valence electrons. The number of rotatable bonds is 8. The first-order valence-electron chi connectivity index (χ1n) is 9.06. The van der Waals surface area contributed by atoms with E-state index in [9.17, 15) is 22.8 Å². The number of ether oxygens (including phenoxy) is 1. The smallest absolute Gasteiger partial charge is 0.416 e. The lowest BCUT2D eigenvalue weighted by molar-refractivity contribution is -0.137. The maximum Gasteiger partial charge on any atom is 0.416 e. The minimum absolute atomic E-state index is 0.0911. The van der Waals surface area contributed by atoms with Crippen molar-refractivity contribution in [2.75, 3.05) is 6.54 Å².